The molecule has 0 bridgehead atoms. The van der Waals surface area contributed by atoms with Crippen molar-refractivity contribution in [3.8, 4) is 0 Å². The van der Waals surface area contributed by atoms with Gasteiger partial charge in [-0.2, -0.15) is 0 Å². The molecule has 1 fully saturated rings. The summed E-state index contributed by atoms with van der Waals surface area (Å²) in [6.45, 7) is 0.419. The Morgan fingerprint density at radius 1 is 1.33 bits per heavy atom. The number of hydrogen-bond donors (Lipinski definition) is 1. The average molecular weight is 312 g/mol. The molecule has 4 heteroatoms. The van der Waals surface area contributed by atoms with Gasteiger partial charge < -0.3 is 10.0 Å². The molecule has 0 aliphatic heterocycles. The van der Waals surface area contributed by atoms with Crippen molar-refractivity contribution in [2.75, 3.05) is 13.6 Å². The molecule has 0 unspecified atom stereocenters. The van der Waals surface area contributed by atoms with E-state index in [-0.39, 0.29) is 5.91 Å². The van der Waals surface area contributed by atoms with E-state index < -0.39 is 5.60 Å². The molecule has 0 spiro atoms. The van der Waals surface area contributed by atoms with Crippen molar-refractivity contribution in [2.24, 2.45) is 0 Å². The van der Waals surface area contributed by atoms with Crippen molar-refractivity contribution >= 4 is 21.8 Å². The first-order valence-corrected chi connectivity index (χ1v) is 7.03. The summed E-state index contributed by atoms with van der Waals surface area (Å²) in [4.78, 5) is 13.8. The minimum Gasteiger partial charge on any atom is -0.388 e. The number of likely N-dealkylation sites (N-methyl/N-ethyl adjacent to an activating group) is 1. The Morgan fingerprint density at radius 2 is 1.89 bits per heavy atom. The van der Waals surface area contributed by atoms with Crippen LogP contribution in [0.5, 0.6) is 0 Å². The molecule has 0 atom stereocenters. The number of carbonyl (C=O) groups is 1. The standard InChI is InChI=1S/C14H18BrNO2/c1-16(10-14(18)8-2-3-9-14)13(17)11-4-6-12(15)7-5-11/h4-7,18H,2-3,8-10H2,1H3. The quantitative estimate of drug-likeness (QED) is 0.932. The Morgan fingerprint density at radius 3 is 2.44 bits per heavy atom. The molecule has 98 valence electrons. The molecule has 1 amide bonds. The largest absolute Gasteiger partial charge is 0.388 e. The summed E-state index contributed by atoms with van der Waals surface area (Å²) < 4.78 is 0.955. The molecule has 1 aromatic rings. The van der Waals surface area contributed by atoms with Crippen molar-refractivity contribution < 1.29 is 9.90 Å². The monoisotopic (exact) mass is 311 g/mol. The molecular formula is C14H18BrNO2. The Labute approximate surface area is 116 Å². The SMILES string of the molecule is CN(CC1(O)CCCC1)C(=O)c1ccc(Br)cc1. The summed E-state index contributed by atoms with van der Waals surface area (Å²) in [7, 11) is 1.75. The maximum atomic E-state index is 12.2. The summed E-state index contributed by atoms with van der Waals surface area (Å²) in [5, 5.41) is 10.3. The number of halogens is 1. The molecule has 3 nitrogen and oxygen atoms in total. The minimum atomic E-state index is -0.681. The highest BCUT2D eigenvalue weighted by atomic mass is 79.9. The van der Waals surface area contributed by atoms with Gasteiger partial charge in [-0.25, -0.2) is 0 Å². The van der Waals surface area contributed by atoms with Gasteiger partial charge in [-0.15, -0.1) is 0 Å². The van der Waals surface area contributed by atoms with Crippen LogP contribution in [0.4, 0.5) is 0 Å². The molecule has 18 heavy (non-hydrogen) atoms. The fourth-order valence-electron chi connectivity index (χ4n) is 2.52. The van der Waals surface area contributed by atoms with E-state index in [0.29, 0.717) is 12.1 Å². The highest BCUT2D eigenvalue weighted by Gasteiger charge is 2.33. The molecule has 1 aliphatic carbocycles. The minimum absolute atomic E-state index is 0.0391. The molecule has 0 radical (unpaired) electrons. The van der Waals surface area contributed by atoms with Gasteiger partial charge in [0.1, 0.15) is 0 Å². The summed E-state index contributed by atoms with van der Waals surface area (Å²) in [5.41, 5.74) is -0.0259. The van der Waals surface area contributed by atoms with Gasteiger partial charge in [0, 0.05) is 23.6 Å². The van der Waals surface area contributed by atoms with E-state index in [1.807, 2.05) is 12.1 Å². The lowest BCUT2D eigenvalue weighted by atomic mass is 10.0. The number of rotatable bonds is 3. The molecule has 0 aromatic heterocycles. The second kappa shape index (κ2) is 5.41. The Hall–Kier alpha value is -0.870. The van der Waals surface area contributed by atoms with Crippen molar-refractivity contribution in [1.82, 2.24) is 4.90 Å². The van der Waals surface area contributed by atoms with Gasteiger partial charge in [-0.1, -0.05) is 28.8 Å². The molecule has 0 saturated heterocycles. The van der Waals surface area contributed by atoms with Crippen molar-refractivity contribution in [3.63, 3.8) is 0 Å². The first-order chi connectivity index (χ1) is 8.50. The van der Waals surface area contributed by atoms with Gasteiger partial charge in [-0.3, -0.25) is 4.79 Å². The number of carbonyl (C=O) groups excluding carboxylic acids is 1. The van der Waals surface area contributed by atoms with E-state index in [9.17, 15) is 9.90 Å². The van der Waals surface area contributed by atoms with E-state index in [2.05, 4.69) is 15.9 Å². The number of nitrogens with zero attached hydrogens (tertiary/aromatic N) is 1. The third-order valence-corrected chi connectivity index (χ3v) is 4.03. The summed E-state index contributed by atoms with van der Waals surface area (Å²) >= 11 is 3.35. The van der Waals surface area contributed by atoms with Gasteiger partial charge in [-0.05, 0) is 37.1 Å². The van der Waals surface area contributed by atoms with Crippen LogP contribution in [0.2, 0.25) is 0 Å². The summed E-state index contributed by atoms with van der Waals surface area (Å²) in [5.74, 6) is -0.0391. The molecule has 0 heterocycles. The van der Waals surface area contributed by atoms with E-state index >= 15 is 0 Å². The first kappa shape index (κ1) is 13.6. The number of hydrogen-bond acceptors (Lipinski definition) is 2. The highest BCUT2D eigenvalue weighted by molar-refractivity contribution is 9.10. The van der Waals surface area contributed by atoms with Crippen LogP contribution in [-0.2, 0) is 0 Å². The zero-order valence-electron chi connectivity index (χ0n) is 10.5. The molecule has 2 rings (SSSR count). The maximum absolute atomic E-state index is 12.2. The zero-order valence-corrected chi connectivity index (χ0v) is 12.1. The maximum Gasteiger partial charge on any atom is 0.253 e. The number of benzene rings is 1. The van der Waals surface area contributed by atoms with Gasteiger partial charge in [0.15, 0.2) is 0 Å². The Kier molecular flexibility index (Phi) is 4.07. The predicted molar refractivity (Wildman–Crippen MR) is 74.5 cm³/mol. The predicted octanol–water partition coefficient (Wildman–Crippen LogP) is 2.83. The van der Waals surface area contributed by atoms with E-state index in [1.165, 1.54) is 0 Å². The number of amides is 1. The van der Waals surface area contributed by atoms with Crippen LogP contribution in [0.25, 0.3) is 0 Å². The van der Waals surface area contributed by atoms with Gasteiger partial charge in [0.25, 0.3) is 5.91 Å². The number of aliphatic hydroxyl groups is 1. The lowest BCUT2D eigenvalue weighted by molar-refractivity contribution is 0.0157. The van der Waals surface area contributed by atoms with Gasteiger partial charge >= 0.3 is 0 Å². The molecular weight excluding hydrogens is 294 g/mol. The smallest absolute Gasteiger partial charge is 0.253 e. The van der Waals surface area contributed by atoms with E-state index in [1.54, 1.807) is 24.1 Å². The zero-order chi connectivity index (χ0) is 13.2. The summed E-state index contributed by atoms with van der Waals surface area (Å²) in [6.07, 6.45) is 3.70. The van der Waals surface area contributed by atoms with Crippen LogP contribution in [0.1, 0.15) is 36.0 Å². The second-order valence-corrected chi connectivity index (χ2v) is 6.02. The van der Waals surface area contributed by atoms with Crippen LogP contribution >= 0.6 is 15.9 Å². The van der Waals surface area contributed by atoms with E-state index in [0.717, 1.165) is 30.2 Å². The third kappa shape index (κ3) is 3.12. The Balaban J connectivity index is 2.02. The average Bonchev–Trinajstić information content (AvgIpc) is 2.76. The molecule has 1 N–H and O–H groups in total. The van der Waals surface area contributed by atoms with E-state index in [4.69, 9.17) is 0 Å². The topological polar surface area (TPSA) is 40.5 Å². The van der Waals surface area contributed by atoms with Gasteiger partial charge in [0.05, 0.1) is 5.60 Å². The normalized spacial score (nSPS) is 17.7. The fourth-order valence-corrected chi connectivity index (χ4v) is 2.78. The van der Waals surface area contributed by atoms with Crippen LogP contribution in [0, 0.1) is 0 Å². The first-order valence-electron chi connectivity index (χ1n) is 6.24. The lowest BCUT2D eigenvalue weighted by Crippen LogP contribution is -2.42. The van der Waals surface area contributed by atoms with Crippen LogP contribution in [0.15, 0.2) is 28.7 Å². The Bertz CT molecular complexity index is 424. The van der Waals surface area contributed by atoms with Crippen molar-refractivity contribution in [2.45, 2.75) is 31.3 Å². The second-order valence-electron chi connectivity index (χ2n) is 5.10. The molecule has 1 aromatic carbocycles. The lowest BCUT2D eigenvalue weighted by Gasteiger charge is -2.28. The van der Waals surface area contributed by atoms with Crippen molar-refractivity contribution in [1.29, 1.82) is 0 Å². The molecule has 1 saturated carbocycles. The van der Waals surface area contributed by atoms with Gasteiger partial charge in [0.2, 0.25) is 0 Å². The molecule has 1 aliphatic rings. The van der Waals surface area contributed by atoms with Crippen LogP contribution in [0.3, 0.4) is 0 Å². The summed E-state index contributed by atoms with van der Waals surface area (Å²) in [6, 6.07) is 7.29. The van der Waals surface area contributed by atoms with Crippen molar-refractivity contribution in [3.05, 3.63) is 34.3 Å². The highest BCUT2D eigenvalue weighted by Crippen LogP contribution is 2.30. The third-order valence-electron chi connectivity index (χ3n) is 3.50. The van der Waals surface area contributed by atoms with Crippen LogP contribution in [-0.4, -0.2) is 35.1 Å². The fraction of sp³-hybridized carbons (Fsp3) is 0.500. The van der Waals surface area contributed by atoms with Crippen LogP contribution < -0.4 is 0 Å².